The van der Waals surface area contributed by atoms with Gasteiger partial charge in [-0.25, -0.2) is 4.39 Å². The van der Waals surface area contributed by atoms with Crippen LogP contribution in [0.15, 0.2) is 36.0 Å². The first-order valence-corrected chi connectivity index (χ1v) is 12.9. The Kier molecular flexibility index (Phi) is 4.80. The van der Waals surface area contributed by atoms with E-state index in [0.29, 0.717) is 29.4 Å². The molecule has 176 valence electrons. The summed E-state index contributed by atoms with van der Waals surface area (Å²) >= 11 is 0. The minimum atomic E-state index is -0.687. The third-order valence-corrected chi connectivity index (χ3v) is 9.97. The molecular weight excluding hydrogens is 415 g/mol. The van der Waals surface area contributed by atoms with Crippen LogP contribution in [0.2, 0.25) is 0 Å². The van der Waals surface area contributed by atoms with Gasteiger partial charge in [0.25, 0.3) is 0 Å². The van der Waals surface area contributed by atoms with Crippen molar-refractivity contribution < 1.29 is 14.0 Å². The second kappa shape index (κ2) is 7.41. The van der Waals surface area contributed by atoms with E-state index in [9.17, 15) is 14.0 Å². The molecule has 0 radical (unpaired) electrons. The summed E-state index contributed by atoms with van der Waals surface area (Å²) < 4.78 is 13.3. The molecule has 5 heteroatoms. The molecule has 1 aliphatic heterocycles. The van der Waals surface area contributed by atoms with Crippen molar-refractivity contribution in [3.63, 3.8) is 0 Å². The monoisotopic (exact) mass is 450 g/mol. The number of fused-ring (bicyclic) bond motifs is 5. The van der Waals surface area contributed by atoms with Crippen LogP contribution in [0.5, 0.6) is 0 Å². The highest BCUT2D eigenvalue weighted by Crippen LogP contribution is 2.65. The summed E-state index contributed by atoms with van der Waals surface area (Å²) in [5.41, 5.74) is 2.08. The number of anilines is 1. The average molecular weight is 451 g/mol. The van der Waals surface area contributed by atoms with E-state index >= 15 is 0 Å². The highest BCUT2D eigenvalue weighted by molar-refractivity contribution is 6.07. The fourth-order valence-corrected chi connectivity index (χ4v) is 8.18. The maximum atomic E-state index is 13.6. The molecule has 6 atom stereocenters. The van der Waals surface area contributed by atoms with E-state index in [1.165, 1.54) is 49.9 Å². The number of piperidine rings is 1. The van der Waals surface area contributed by atoms with Crippen molar-refractivity contribution in [2.24, 2.45) is 34.5 Å². The van der Waals surface area contributed by atoms with Crippen molar-refractivity contribution in [1.82, 2.24) is 4.90 Å². The molecule has 2 amide bonds. The predicted molar refractivity (Wildman–Crippen MR) is 125 cm³/mol. The lowest BCUT2D eigenvalue weighted by atomic mass is 9.49. The lowest BCUT2D eigenvalue weighted by molar-refractivity contribution is -0.149. The van der Waals surface area contributed by atoms with E-state index in [2.05, 4.69) is 25.2 Å². The van der Waals surface area contributed by atoms with E-state index in [1.54, 1.807) is 12.1 Å². The Labute approximate surface area is 196 Å². The molecule has 4 aliphatic carbocycles. The molecule has 0 bridgehead atoms. The fraction of sp³-hybridized carbons (Fsp3) is 0.643. The third-order valence-electron chi connectivity index (χ3n) is 9.97. The summed E-state index contributed by atoms with van der Waals surface area (Å²) in [6.07, 6.45) is 12.6. The first-order chi connectivity index (χ1) is 15.8. The van der Waals surface area contributed by atoms with Crippen LogP contribution >= 0.6 is 0 Å². The lowest BCUT2D eigenvalue weighted by Gasteiger charge is -2.59. The Morgan fingerprint density at radius 1 is 1.06 bits per heavy atom. The van der Waals surface area contributed by atoms with Crippen molar-refractivity contribution in [3.8, 4) is 0 Å². The van der Waals surface area contributed by atoms with Gasteiger partial charge in [-0.2, -0.15) is 0 Å². The van der Waals surface area contributed by atoms with Crippen molar-refractivity contribution in [3.05, 3.63) is 41.9 Å². The Balaban J connectivity index is 1.33. The van der Waals surface area contributed by atoms with Crippen LogP contribution in [0.1, 0.15) is 71.6 Å². The molecule has 1 aromatic carbocycles. The number of allylic oxidation sites excluding steroid dienone is 2. The van der Waals surface area contributed by atoms with Crippen LogP contribution < -0.4 is 5.32 Å². The first kappa shape index (κ1) is 21.4. The van der Waals surface area contributed by atoms with Crippen molar-refractivity contribution in [2.45, 2.75) is 77.7 Å². The Hall–Kier alpha value is -2.17. The van der Waals surface area contributed by atoms with Gasteiger partial charge in [-0.15, -0.1) is 0 Å². The molecule has 1 aromatic rings. The van der Waals surface area contributed by atoms with Gasteiger partial charge in [0.2, 0.25) is 11.8 Å². The highest BCUT2D eigenvalue weighted by atomic mass is 19.1. The van der Waals surface area contributed by atoms with E-state index in [1.807, 2.05) is 4.90 Å². The number of amides is 2. The first-order valence-electron chi connectivity index (χ1n) is 12.9. The zero-order valence-electron chi connectivity index (χ0n) is 19.8. The molecule has 1 saturated heterocycles. The number of carbonyl (C=O) groups excluding carboxylic acids is 2. The fourth-order valence-electron chi connectivity index (χ4n) is 8.18. The number of benzene rings is 1. The van der Waals surface area contributed by atoms with Gasteiger partial charge in [-0.1, -0.05) is 26.3 Å². The molecule has 3 saturated carbocycles. The topological polar surface area (TPSA) is 49.4 Å². The SMILES string of the molecule is C[C@@]12CCC[C@H]1[C@@H]1CC=C3N(C4CC4)C(=O)C(C(=O)Nc4ccc(F)cc4)C[C@]3(C)[C@@H]1CC2. The number of hydrogen-bond acceptors (Lipinski definition) is 2. The quantitative estimate of drug-likeness (QED) is 0.583. The van der Waals surface area contributed by atoms with Crippen molar-refractivity contribution >= 4 is 17.5 Å². The number of hydrogen-bond donors (Lipinski definition) is 1. The standard InChI is InChI=1S/C28H35FN2O2/c1-27-14-3-4-22(27)20-11-12-24-28(2,23(20)13-15-27)16-21(26(33)31(24)19-9-10-19)25(32)30-18-7-5-17(29)6-8-18/h5-8,12,19-23H,3-4,9-11,13-16H2,1-2H3,(H,30,32)/t20-,21?,22-,23+,27-,28+/m0/s1. The smallest absolute Gasteiger partial charge is 0.239 e. The van der Waals surface area contributed by atoms with Gasteiger partial charge in [0, 0.05) is 22.8 Å². The summed E-state index contributed by atoms with van der Waals surface area (Å²) in [4.78, 5) is 29.1. The number of nitrogens with one attached hydrogen (secondary N) is 1. The van der Waals surface area contributed by atoms with Crippen LogP contribution in [0.4, 0.5) is 10.1 Å². The average Bonchev–Trinajstić information content (AvgIpc) is 3.54. The summed E-state index contributed by atoms with van der Waals surface area (Å²) in [5, 5.41) is 2.90. The minimum Gasteiger partial charge on any atom is -0.325 e. The van der Waals surface area contributed by atoms with Gasteiger partial charge in [0.15, 0.2) is 0 Å². The third kappa shape index (κ3) is 3.29. The molecule has 4 nitrogen and oxygen atoms in total. The van der Waals surface area contributed by atoms with Gasteiger partial charge < -0.3 is 10.2 Å². The van der Waals surface area contributed by atoms with E-state index in [4.69, 9.17) is 0 Å². The molecule has 1 N–H and O–H groups in total. The van der Waals surface area contributed by atoms with Gasteiger partial charge in [-0.3, -0.25) is 9.59 Å². The van der Waals surface area contributed by atoms with Gasteiger partial charge >= 0.3 is 0 Å². The summed E-state index contributed by atoms with van der Waals surface area (Å²) in [7, 11) is 0. The maximum absolute atomic E-state index is 13.6. The van der Waals surface area contributed by atoms with Gasteiger partial charge in [0.05, 0.1) is 0 Å². The van der Waals surface area contributed by atoms with Crippen molar-refractivity contribution in [1.29, 1.82) is 0 Å². The van der Waals surface area contributed by atoms with Crippen LogP contribution in [0.3, 0.4) is 0 Å². The van der Waals surface area contributed by atoms with Crippen molar-refractivity contribution in [2.75, 3.05) is 5.32 Å². The Bertz CT molecular complexity index is 1020. The zero-order valence-corrected chi connectivity index (χ0v) is 19.8. The molecule has 5 aliphatic rings. The van der Waals surface area contributed by atoms with E-state index < -0.39 is 5.92 Å². The number of nitrogens with zero attached hydrogens (tertiary/aromatic N) is 1. The maximum Gasteiger partial charge on any atom is 0.239 e. The summed E-state index contributed by atoms with van der Waals surface area (Å²) in [5.74, 6) is 0.646. The summed E-state index contributed by atoms with van der Waals surface area (Å²) in [6, 6.07) is 6.05. The van der Waals surface area contributed by atoms with Crippen LogP contribution in [0.25, 0.3) is 0 Å². The molecule has 1 unspecified atom stereocenters. The predicted octanol–water partition coefficient (Wildman–Crippen LogP) is 5.90. The molecular formula is C28H35FN2O2. The Morgan fingerprint density at radius 2 is 1.82 bits per heavy atom. The van der Waals surface area contributed by atoms with E-state index in [-0.39, 0.29) is 29.1 Å². The minimum absolute atomic E-state index is 0.0409. The number of halogens is 1. The zero-order chi connectivity index (χ0) is 23.0. The normalized spacial score (nSPS) is 39.9. The summed E-state index contributed by atoms with van der Waals surface area (Å²) in [6.45, 7) is 4.84. The van der Waals surface area contributed by atoms with E-state index in [0.717, 1.165) is 25.2 Å². The largest absolute Gasteiger partial charge is 0.325 e. The molecule has 4 fully saturated rings. The number of likely N-dealkylation sites (tertiary alicyclic amines) is 1. The molecule has 0 spiro atoms. The lowest BCUT2D eigenvalue weighted by Crippen LogP contribution is -2.58. The van der Waals surface area contributed by atoms with Gasteiger partial charge in [0.1, 0.15) is 11.7 Å². The van der Waals surface area contributed by atoms with Gasteiger partial charge in [-0.05, 0) is 98.8 Å². The molecule has 6 rings (SSSR count). The number of rotatable bonds is 3. The van der Waals surface area contributed by atoms with Crippen LogP contribution in [-0.2, 0) is 9.59 Å². The molecule has 0 aromatic heterocycles. The highest BCUT2D eigenvalue weighted by Gasteiger charge is 2.60. The second-order valence-corrected chi connectivity index (χ2v) is 11.9. The molecule has 1 heterocycles. The molecule has 33 heavy (non-hydrogen) atoms. The number of carbonyl (C=O) groups is 2. The second-order valence-electron chi connectivity index (χ2n) is 11.9. The van der Waals surface area contributed by atoms with Crippen LogP contribution in [-0.4, -0.2) is 22.8 Å². The Morgan fingerprint density at radius 3 is 2.55 bits per heavy atom. The van der Waals surface area contributed by atoms with Crippen LogP contribution in [0, 0.1) is 40.3 Å².